The molecule has 1 N–H and O–H groups in total. The Hall–Kier alpha value is -1.41. The number of aryl methyl sites for hydroxylation is 1. The lowest BCUT2D eigenvalue weighted by atomic mass is 10.2. The van der Waals surface area contributed by atoms with Crippen LogP contribution in [0.1, 0.15) is 18.2 Å². The molecular weight excluding hydrogens is 222 g/mol. The minimum absolute atomic E-state index is 0.589. The van der Waals surface area contributed by atoms with E-state index in [0.717, 1.165) is 5.69 Å². The quantitative estimate of drug-likeness (QED) is 0.841. The van der Waals surface area contributed by atoms with Gasteiger partial charge in [0.15, 0.2) is 0 Å². The molecule has 86 valence electrons. The highest BCUT2D eigenvalue weighted by Gasteiger charge is 2.00. The van der Waals surface area contributed by atoms with Crippen molar-refractivity contribution in [3.05, 3.63) is 23.4 Å². The summed E-state index contributed by atoms with van der Waals surface area (Å²) in [6, 6.07) is 5.51. The molecule has 0 aliphatic carbocycles. The zero-order valence-electron chi connectivity index (χ0n) is 9.49. The van der Waals surface area contributed by atoms with Gasteiger partial charge in [-0.05, 0) is 19.1 Å². The number of nitrogens with zero attached hydrogens (tertiary/aromatic N) is 2. The molecule has 0 spiro atoms. The molecule has 1 heterocycles. The van der Waals surface area contributed by atoms with Crippen molar-refractivity contribution >= 4 is 16.6 Å². The van der Waals surface area contributed by atoms with Gasteiger partial charge < -0.3 is 5.32 Å². The van der Waals surface area contributed by atoms with Crippen LogP contribution in [0.5, 0.6) is 0 Å². The minimum Gasteiger partial charge on any atom is -0.369 e. The second-order valence-electron chi connectivity index (χ2n) is 3.35. The first-order chi connectivity index (χ1) is 7.65. The molecule has 1 rings (SSSR count). The van der Waals surface area contributed by atoms with E-state index in [1.54, 1.807) is 12.1 Å². The Morgan fingerprint density at radius 2 is 2.31 bits per heavy atom. The Balaban J connectivity index is 2.57. The maximum Gasteiger partial charge on any atom is 0.127 e. The van der Waals surface area contributed by atoms with E-state index in [2.05, 4.69) is 16.4 Å². The van der Waals surface area contributed by atoms with Crippen molar-refractivity contribution in [3.8, 4) is 6.07 Å². The van der Waals surface area contributed by atoms with Crippen molar-refractivity contribution in [1.29, 1.82) is 5.26 Å². The van der Waals surface area contributed by atoms with Crippen LogP contribution in [0.15, 0.2) is 12.1 Å². The molecule has 1 unspecified atom stereocenters. The molecule has 0 fully saturated rings. The van der Waals surface area contributed by atoms with Crippen molar-refractivity contribution in [2.75, 3.05) is 23.4 Å². The molecule has 16 heavy (non-hydrogen) atoms. The van der Waals surface area contributed by atoms with Crippen LogP contribution in [0, 0.1) is 18.3 Å². The summed E-state index contributed by atoms with van der Waals surface area (Å²) >= 11 is 0. The highest BCUT2D eigenvalue weighted by molar-refractivity contribution is 7.84. The number of nitrogens with one attached hydrogen (secondary N) is 1. The van der Waals surface area contributed by atoms with E-state index in [1.165, 1.54) is 0 Å². The monoisotopic (exact) mass is 237 g/mol. The standard InChI is InChI=1S/C11H15N3OS/c1-3-16(15)5-4-13-11-7-10(8-12)6-9(2)14-11/h6-7H,3-5H2,1-2H3,(H,13,14). The van der Waals surface area contributed by atoms with Crippen LogP contribution in [0.25, 0.3) is 0 Å². The predicted molar refractivity (Wildman–Crippen MR) is 65.7 cm³/mol. The zero-order valence-corrected chi connectivity index (χ0v) is 10.3. The molecule has 0 aliphatic heterocycles. The van der Waals surface area contributed by atoms with Gasteiger partial charge in [-0.25, -0.2) is 4.98 Å². The van der Waals surface area contributed by atoms with Gasteiger partial charge >= 0.3 is 0 Å². The topological polar surface area (TPSA) is 65.8 Å². The van der Waals surface area contributed by atoms with Crippen LogP contribution in [-0.2, 0) is 10.8 Å². The Labute approximate surface area is 98.2 Å². The molecule has 5 heteroatoms. The van der Waals surface area contributed by atoms with Crippen LogP contribution in [0.2, 0.25) is 0 Å². The van der Waals surface area contributed by atoms with Gasteiger partial charge in [-0.2, -0.15) is 5.26 Å². The molecule has 0 saturated carbocycles. The minimum atomic E-state index is -0.768. The van der Waals surface area contributed by atoms with Gasteiger partial charge in [0, 0.05) is 34.5 Å². The van der Waals surface area contributed by atoms with E-state index >= 15 is 0 Å². The molecule has 0 saturated heterocycles. The Morgan fingerprint density at radius 1 is 1.56 bits per heavy atom. The fourth-order valence-electron chi connectivity index (χ4n) is 1.26. The third-order valence-corrected chi connectivity index (χ3v) is 3.34. The molecule has 0 aromatic carbocycles. The van der Waals surface area contributed by atoms with Gasteiger partial charge in [0.1, 0.15) is 5.82 Å². The molecule has 1 atom stereocenters. The number of anilines is 1. The van der Waals surface area contributed by atoms with E-state index in [0.29, 0.717) is 29.4 Å². The average molecular weight is 237 g/mol. The Bertz CT molecular complexity index is 426. The average Bonchev–Trinajstić information content (AvgIpc) is 2.28. The first-order valence-corrected chi connectivity index (χ1v) is 6.62. The number of pyridine rings is 1. The fraction of sp³-hybridized carbons (Fsp3) is 0.455. The SMILES string of the molecule is CCS(=O)CCNc1cc(C#N)cc(C)n1. The molecule has 0 bridgehead atoms. The third kappa shape index (κ3) is 3.99. The van der Waals surface area contributed by atoms with E-state index in [1.807, 2.05) is 13.8 Å². The van der Waals surface area contributed by atoms with Gasteiger partial charge in [-0.3, -0.25) is 4.21 Å². The lowest BCUT2D eigenvalue weighted by molar-refractivity contribution is 0.684. The van der Waals surface area contributed by atoms with Crippen molar-refractivity contribution in [3.63, 3.8) is 0 Å². The molecule has 0 radical (unpaired) electrons. The van der Waals surface area contributed by atoms with Gasteiger partial charge in [-0.15, -0.1) is 0 Å². The van der Waals surface area contributed by atoms with Crippen LogP contribution in [0.3, 0.4) is 0 Å². The lowest BCUT2D eigenvalue weighted by Gasteiger charge is -2.06. The summed E-state index contributed by atoms with van der Waals surface area (Å²) in [5.74, 6) is 1.95. The summed E-state index contributed by atoms with van der Waals surface area (Å²) < 4.78 is 11.2. The summed E-state index contributed by atoms with van der Waals surface area (Å²) in [6.07, 6.45) is 0. The summed E-state index contributed by atoms with van der Waals surface area (Å²) in [5.41, 5.74) is 1.39. The van der Waals surface area contributed by atoms with E-state index in [-0.39, 0.29) is 0 Å². The summed E-state index contributed by atoms with van der Waals surface area (Å²) in [6.45, 7) is 4.35. The van der Waals surface area contributed by atoms with Gasteiger partial charge in [0.2, 0.25) is 0 Å². The largest absolute Gasteiger partial charge is 0.369 e. The van der Waals surface area contributed by atoms with Crippen LogP contribution >= 0.6 is 0 Å². The van der Waals surface area contributed by atoms with Crippen molar-refractivity contribution in [2.24, 2.45) is 0 Å². The number of aromatic nitrogens is 1. The summed E-state index contributed by atoms with van der Waals surface area (Å²) in [4.78, 5) is 4.24. The van der Waals surface area contributed by atoms with Crippen LogP contribution in [-0.4, -0.2) is 27.2 Å². The number of hydrogen-bond acceptors (Lipinski definition) is 4. The van der Waals surface area contributed by atoms with Gasteiger partial charge in [0.25, 0.3) is 0 Å². The smallest absolute Gasteiger partial charge is 0.127 e. The second kappa shape index (κ2) is 6.23. The first kappa shape index (κ1) is 12.7. The van der Waals surface area contributed by atoms with Crippen molar-refractivity contribution in [1.82, 2.24) is 4.98 Å². The number of rotatable bonds is 5. The predicted octanol–water partition coefficient (Wildman–Crippen LogP) is 1.44. The highest BCUT2D eigenvalue weighted by Crippen LogP contribution is 2.08. The number of hydrogen-bond donors (Lipinski definition) is 1. The Kier molecular flexibility index (Phi) is 4.93. The van der Waals surface area contributed by atoms with Crippen LogP contribution in [0.4, 0.5) is 5.82 Å². The van der Waals surface area contributed by atoms with Crippen molar-refractivity contribution < 1.29 is 4.21 Å². The zero-order chi connectivity index (χ0) is 12.0. The normalized spacial score (nSPS) is 11.8. The molecule has 0 aliphatic rings. The van der Waals surface area contributed by atoms with E-state index in [9.17, 15) is 4.21 Å². The first-order valence-electron chi connectivity index (χ1n) is 5.13. The van der Waals surface area contributed by atoms with Crippen molar-refractivity contribution in [2.45, 2.75) is 13.8 Å². The maximum atomic E-state index is 11.2. The molecule has 1 aromatic heterocycles. The van der Waals surface area contributed by atoms with Gasteiger partial charge in [0.05, 0.1) is 11.6 Å². The number of nitriles is 1. The summed E-state index contributed by atoms with van der Waals surface area (Å²) in [7, 11) is -0.768. The third-order valence-electron chi connectivity index (χ3n) is 2.04. The van der Waals surface area contributed by atoms with E-state index in [4.69, 9.17) is 5.26 Å². The highest BCUT2D eigenvalue weighted by atomic mass is 32.2. The molecular formula is C11H15N3OS. The van der Waals surface area contributed by atoms with E-state index < -0.39 is 10.8 Å². The van der Waals surface area contributed by atoms with Gasteiger partial charge in [-0.1, -0.05) is 6.92 Å². The summed E-state index contributed by atoms with van der Waals surface area (Å²) in [5, 5.41) is 11.9. The van der Waals surface area contributed by atoms with Crippen LogP contribution < -0.4 is 5.32 Å². The molecule has 1 aromatic rings. The lowest BCUT2D eigenvalue weighted by Crippen LogP contribution is -2.13. The second-order valence-corrected chi connectivity index (χ2v) is 5.22. The maximum absolute atomic E-state index is 11.2. The Morgan fingerprint density at radius 3 is 2.94 bits per heavy atom. The molecule has 4 nitrogen and oxygen atoms in total. The fourth-order valence-corrected chi connectivity index (χ4v) is 1.88. The molecule has 0 amide bonds.